The van der Waals surface area contributed by atoms with Crippen LogP contribution in [0.3, 0.4) is 0 Å². The first-order chi connectivity index (χ1) is 8.10. The number of benzene rings is 1. The fourth-order valence-electron chi connectivity index (χ4n) is 2.76. The first-order valence-corrected chi connectivity index (χ1v) is 6.62. The zero-order chi connectivity index (χ0) is 12.4. The molecule has 2 unspecified atom stereocenters. The van der Waals surface area contributed by atoms with Crippen LogP contribution in [0.15, 0.2) is 18.2 Å². The molecule has 1 aromatic carbocycles. The molecule has 0 aliphatic carbocycles. The van der Waals surface area contributed by atoms with Gasteiger partial charge in [0.25, 0.3) is 0 Å². The Morgan fingerprint density at radius 1 is 1.29 bits per heavy atom. The molecule has 0 spiro atoms. The summed E-state index contributed by atoms with van der Waals surface area (Å²) < 4.78 is 0. The third kappa shape index (κ3) is 2.93. The molecule has 2 nitrogen and oxygen atoms in total. The maximum atomic E-state index is 9.08. The molecule has 0 amide bonds. The Hall–Kier alpha value is -0.730. The highest BCUT2D eigenvalue weighted by Gasteiger charge is 2.23. The normalized spacial score (nSPS) is 25.1. The lowest BCUT2D eigenvalue weighted by Crippen LogP contribution is -2.38. The van der Waals surface area contributed by atoms with Crippen molar-refractivity contribution < 1.29 is 5.11 Å². The Balaban J connectivity index is 2.21. The van der Waals surface area contributed by atoms with Crippen molar-refractivity contribution in [3.63, 3.8) is 0 Å². The van der Waals surface area contributed by atoms with Crippen LogP contribution in [0.5, 0.6) is 0 Å². The molecular formula is C14H20ClNO. The average Bonchev–Trinajstić information content (AvgIpc) is 2.27. The van der Waals surface area contributed by atoms with Gasteiger partial charge in [0.2, 0.25) is 0 Å². The van der Waals surface area contributed by atoms with Crippen LogP contribution in [0.1, 0.15) is 25.8 Å². The van der Waals surface area contributed by atoms with Gasteiger partial charge in [-0.05, 0) is 36.0 Å². The van der Waals surface area contributed by atoms with Crippen LogP contribution in [0, 0.1) is 11.8 Å². The van der Waals surface area contributed by atoms with E-state index in [0.717, 1.165) is 29.4 Å². The SMILES string of the molecule is CC1CC(C)CN(c2ccc(CO)cc2Cl)C1. The molecule has 2 rings (SSSR count). The van der Waals surface area contributed by atoms with Crippen LogP contribution in [0.25, 0.3) is 0 Å². The molecular weight excluding hydrogens is 234 g/mol. The van der Waals surface area contributed by atoms with Crippen LogP contribution >= 0.6 is 11.6 Å². The minimum atomic E-state index is 0.0484. The van der Waals surface area contributed by atoms with Gasteiger partial charge in [0.05, 0.1) is 17.3 Å². The monoisotopic (exact) mass is 253 g/mol. The molecule has 1 aliphatic heterocycles. The molecule has 1 aliphatic rings. The second-order valence-corrected chi connectivity index (χ2v) is 5.70. The van der Waals surface area contributed by atoms with Gasteiger partial charge in [0.1, 0.15) is 0 Å². The number of rotatable bonds is 2. The van der Waals surface area contributed by atoms with Gasteiger partial charge < -0.3 is 10.0 Å². The van der Waals surface area contributed by atoms with Crippen molar-refractivity contribution in [2.45, 2.75) is 26.9 Å². The Morgan fingerprint density at radius 2 is 1.94 bits per heavy atom. The number of aliphatic hydroxyl groups is 1. The third-order valence-electron chi connectivity index (χ3n) is 3.40. The van der Waals surface area contributed by atoms with Gasteiger partial charge in [-0.2, -0.15) is 0 Å². The van der Waals surface area contributed by atoms with Crippen LogP contribution in [0.2, 0.25) is 5.02 Å². The van der Waals surface area contributed by atoms with Crippen molar-refractivity contribution in [2.75, 3.05) is 18.0 Å². The van der Waals surface area contributed by atoms with Crippen molar-refractivity contribution in [3.8, 4) is 0 Å². The topological polar surface area (TPSA) is 23.5 Å². The number of piperidine rings is 1. The minimum Gasteiger partial charge on any atom is -0.392 e. The largest absolute Gasteiger partial charge is 0.392 e. The van der Waals surface area contributed by atoms with E-state index < -0.39 is 0 Å². The van der Waals surface area contributed by atoms with Gasteiger partial charge in [0, 0.05) is 13.1 Å². The first-order valence-electron chi connectivity index (χ1n) is 6.24. The van der Waals surface area contributed by atoms with Gasteiger partial charge in [-0.1, -0.05) is 31.5 Å². The number of anilines is 1. The van der Waals surface area contributed by atoms with Crippen LogP contribution < -0.4 is 4.90 Å². The molecule has 1 heterocycles. The number of hydrogen-bond donors (Lipinski definition) is 1. The van der Waals surface area contributed by atoms with Gasteiger partial charge in [0.15, 0.2) is 0 Å². The van der Waals surface area contributed by atoms with Crippen LogP contribution in [-0.2, 0) is 6.61 Å². The second kappa shape index (κ2) is 5.28. The molecule has 17 heavy (non-hydrogen) atoms. The number of nitrogens with zero attached hydrogens (tertiary/aromatic N) is 1. The second-order valence-electron chi connectivity index (χ2n) is 5.29. The summed E-state index contributed by atoms with van der Waals surface area (Å²) in [7, 11) is 0. The summed E-state index contributed by atoms with van der Waals surface area (Å²) in [5.41, 5.74) is 1.97. The molecule has 0 radical (unpaired) electrons. The highest BCUT2D eigenvalue weighted by atomic mass is 35.5. The maximum Gasteiger partial charge on any atom is 0.0682 e. The number of halogens is 1. The van der Waals surface area contributed by atoms with Gasteiger partial charge in [-0.15, -0.1) is 0 Å². The number of hydrogen-bond acceptors (Lipinski definition) is 2. The highest BCUT2D eigenvalue weighted by molar-refractivity contribution is 6.33. The lowest BCUT2D eigenvalue weighted by molar-refractivity contribution is 0.282. The van der Waals surface area contributed by atoms with Crippen molar-refractivity contribution in [2.24, 2.45) is 11.8 Å². The van der Waals surface area contributed by atoms with Gasteiger partial charge >= 0.3 is 0 Å². The molecule has 94 valence electrons. The fourth-order valence-corrected chi connectivity index (χ4v) is 3.09. The summed E-state index contributed by atoms with van der Waals surface area (Å²) in [6.07, 6.45) is 1.29. The van der Waals surface area contributed by atoms with E-state index in [4.69, 9.17) is 16.7 Å². The Labute approximate surface area is 108 Å². The van der Waals surface area contributed by atoms with E-state index in [1.165, 1.54) is 6.42 Å². The Morgan fingerprint density at radius 3 is 2.47 bits per heavy atom. The molecule has 0 saturated carbocycles. The predicted molar refractivity (Wildman–Crippen MR) is 72.5 cm³/mol. The zero-order valence-corrected chi connectivity index (χ0v) is 11.2. The van der Waals surface area contributed by atoms with Crippen LogP contribution in [0.4, 0.5) is 5.69 Å². The molecule has 2 atom stereocenters. The van der Waals surface area contributed by atoms with Crippen LogP contribution in [-0.4, -0.2) is 18.2 Å². The van der Waals surface area contributed by atoms with Crippen molar-refractivity contribution >= 4 is 17.3 Å². The van der Waals surface area contributed by atoms with Gasteiger partial charge in [-0.3, -0.25) is 0 Å². The zero-order valence-electron chi connectivity index (χ0n) is 10.5. The molecule has 1 N–H and O–H groups in total. The van der Waals surface area contributed by atoms with E-state index in [1.54, 1.807) is 0 Å². The van der Waals surface area contributed by atoms with E-state index >= 15 is 0 Å². The summed E-state index contributed by atoms with van der Waals surface area (Å²) in [4.78, 5) is 2.36. The number of aliphatic hydroxyl groups excluding tert-OH is 1. The fraction of sp³-hybridized carbons (Fsp3) is 0.571. The molecule has 0 aromatic heterocycles. The summed E-state index contributed by atoms with van der Waals surface area (Å²) >= 11 is 6.28. The summed E-state index contributed by atoms with van der Waals surface area (Å²) in [5, 5.41) is 9.82. The Bertz CT molecular complexity index is 384. The highest BCUT2D eigenvalue weighted by Crippen LogP contribution is 2.32. The van der Waals surface area contributed by atoms with Crippen molar-refractivity contribution in [3.05, 3.63) is 28.8 Å². The minimum absolute atomic E-state index is 0.0484. The van der Waals surface area contributed by atoms with Gasteiger partial charge in [-0.25, -0.2) is 0 Å². The lowest BCUT2D eigenvalue weighted by atomic mass is 9.91. The molecule has 1 aromatic rings. The molecule has 3 heteroatoms. The maximum absolute atomic E-state index is 9.08. The molecule has 0 bridgehead atoms. The van der Waals surface area contributed by atoms with E-state index in [1.807, 2.05) is 18.2 Å². The summed E-state index contributed by atoms with van der Waals surface area (Å²) in [6.45, 7) is 6.77. The van der Waals surface area contributed by atoms with Crippen molar-refractivity contribution in [1.82, 2.24) is 0 Å². The Kier molecular flexibility index (Phi) is 3.95. The van der Waals surface area contributed by atoms with E-state index in [-0.39, 0.29) is 6.61 Å². The van der Waals surface area contributed by atoms with E-state index in [2.05, 4.69) is 18.7 Å². The average molecular weight is 254 g/mol. The van der Waals surface area contributed by atoms with Crippen molar-refractivity contribution in [1.29, 1.82) is 0 Å². The smallest absolute Gasteiger partial charge is 0.0682 e. The molecule has 1 saturated heterocycles. The quantitative estimate of drug-likeness (QED) is 0.874. The van der Waals surface area contributed by atoms with E-state index in [0.29, 0.717) is 11.8 Å². The summed E-state index contributed by atoms with van der Waals surface area (Å²) in [5.74, 6) is 1.43. The molecule has 1 fully saturated rings. The summed E-state index contributed by atoms with van der Waals surface area (Å²) in [6, 6.07) is 5.84. The van der Waals surface area contributed by atoms with E-state index in [9.17, 15) is 0 Å². The lowest BCUT2D eigenvalue weighted by Gasteiger charge is -2.37. The third-order valence-corrected chi connectivity index (χ3v) is 3.71. The predicted octanol–water partition coefficient (Wildman–Crippen LogP) is 3.31. The first kappa shape index (κ1) is 12.7. The standard InChI is InChI=1S/C14H20ClNO/c1-10-5-11(2)8-16(7-10)14-4-3-12(9-17)6-13(14)15/h3-4,6,10-11,17H,5,7-9H2,1-2H3.